The summed E-state index contributed by atoms with van der Waals surface area (Å²) >= 11 is 6.21. The highest BCUT2D eigenvalue weighted by Gasteiger charge is 2.18. The van der Waals surface area contributed by atoms with Crippen LogP contribution in [0.25, 0.3) is 22.2 Å². The molecule has 0 unspecified atom stereocenters. The van der Waals surface area contributed by atoms with Gasteiger partial charge in [0, 0.05) is 11.6 Å². The Hall–Kier alpha value is -3.51. The molecule has 0 bridgehead atoms. The Labute approximate surface area is 190 Å². The van der Waals surface area contributed by atoms with Crippen molar-refractivity contribution in [3.8, 4) is 28.5 Å². The number of carboxylic acid groups (broad SMARTS) is 1. The molecule has 0 radical (unpaired) electrons. The van der Waals surface area contributed by atoms with Crippen molar-refractivity contribution in [2.45, 2.75) is 26.7 Å². The van der Waals surface area contributed by atoms with E-state index in [1.54, 1.807) is 12.1 Å². The van der Waals surface area contributed by atoms with Gasteiger partial charge in [0.25, 0.3) is 0 Å². The second-order valence-corrected chi connectivity index (χ2v) is 7.88. The fourth-order valence-electron chi connectivity index (χ4n) is 3.47. The Morgan fingerprint density at radius 1 is 1.09 bits per heavy atom. The molecule has 4 aromatic rings. The lowest BCUT2D eigenvalue weighted by atomic mass is 9.98. The fraction of sp³-hybridized carbons (Fsp3) is 0.200. The third-order valence-electron chi connectivity index (χ3n) is 4.98. The largest absolute Gasteiger partial charge is 0.480 e. The van der Waals surface area contributed by atoms with Crippen LogP contribution in [0.2, 0.25) is 5.02 Å². The van der Waals surface area contributed by atoms with E-state index >= 15 is 0 Å². The van der Waals surface area contributed by atoms with Crippen LogP contribution in [-0.2, 0) is 11.2 Å². The smallest absolute Gasteiger partial charge is 0.341 e. The highest BCUT2D eigenvalue weighted by Crippen LogP contribution is 2.38. The predicted molar refractivity (Wildman–Crippen MR) is 123 cm³/mol. The van der Waals surface area contributed by atoms with Gasteiger partial charge in [0.1, 0.15) is 22.9 Å². The summed E-state index contributed by atoms with van der Waals surface area (Å²) in [7, 11) is 0. The second-order valence-electron chi connectivity index (χ2n) is 7.48. The highest BCUT2D eigenvalue weighted by atomic mass is 35.5. The van der Waals surface area contributed by atoms with Crippen LogP contribution in [0.5, 0.6) is 17.2 Å². The SMILES string of the molecule is CCCc1cc(Oc2ccc(C)cc2)ccc1-c1noc2cc(Cl)c(OCC(=O)O)cc12. The first-order chi connectivity index (χ1) is 15.4. The van der Waals surface area contributed by atoms with Crippen molar-refractivity contribution < 1.29 is 23.9 Å². The summed E-state index contributed by atoms with van der Waals surface area (Å²) in [6.45, 7) is 3.65. The molecular weight excluding hydrogens is 430 g/mol. The molecule has 0 atom stereocenters. The van der Waals surface area contributed by atoms with Gasteiger partial charge in [-0.05, 0) is 55.3 Å². The summed E-state index contributed by atoms with van der Waals surface area (Å²) in [4.78, 5) is 10.9. The van der Waals surface area contributed by atoms with Crippen LogP contribution in [0.15, 0.2) is 59.1 Å². The molecule has 164 valence electrons. The minimum Gasteiger partial charge on any atom is -0.480 e. The van der Waals surface area contributed by atoms with Crippen LogP contribution in [0.1, 0.15) is 24.5 Å². The maximum atomic E-state index is 10.9. The number of aryl methyl sites for hydroxylation is 2. The Kier molecular flexibility index (Phi) is 6.32. The maximum absolute atomic E-state index is 10.9. The quantitative estimate of drug-likeness (QED) is 0.322. The van der Waals surface area contributed by atoms with Gasteiger partial charge in [-0.15, -0.1) is 0 Å². The summed E-state index contributed by atoms with van der Waals surface area (Å²) in [6, 6.07) is 17.0. The Morgan fingerprint density at radius 2 is 1.84 bits per heavy atom. The van der Waals surface area contributed by atoms with Gasteiger partial charge in [0.2, 0.25) is 0 Å². The van der Waals surface area contributed by atoms with E-state index in [1.165, 1.54) is 5.56 Å². The van der Waals surface area contributed by atoms with Crippen molar-refractivity contribution >= 4 is 28.5 Å². The number of hydrogen-bond donors (Lipinski definition) is 1. The number of carbonyl (C=O) groups is 1. The lowest BCUT2D eigenvalue weighted by Gasteiger charge is -2.12. The number of ether oxygens (including phenoxy) is 2. The van der Waals surface area contributed by atoms with Gasteiger partial charge in [0.15, 0.2) is 12.2 Å². The number of hydrogen-bond acceptors (Lipinski definition) is 5. The molecule has 1 N–H and O–H groups in total. The first-order valence-corrected chi connectivity index (χ1v) is 10.6. The molecule has 7 heteroatoms. The topological polar surface area (TPSA) is 81.8 Å². The van der Waals surface area contributed by atoms with Crippen LogP contribution < -0.4 is 9.47 Å². The zero-order chi connectivity index (χ0) is 22.7. The molecule has 0 fully saturated rings. The van der Waals surface area contributed by atoms with E-state index in [9.17, 15) is 4.79 Å². The van der Waals surface area contributed by atoms with Gasteiger partial charge >= 0.3 is 5.97 Å². The van der Waals surface area contributed by atoms with Gasteiger partial charge in [-0.2, -0.15) is 0 Å². The molecule has 0 saturated carbocycles. The second kappa shape index (κ2) is 9.32. The molecule has 32 heavy (non-hydrogen) atoms. The summed E-state index contributed by atoms with van der Waals surface area (Å²) < 4.78 is 16.8. The average molecular weight is 452 g/mol. The Morgan fingerprint density at radius 3 is 2.56 bits per heavy atom. The molecule has 0 spiro atoms. The van der Waals surface area contributed by atoms with Gasteiger partial charge in [0.05, 0.1) is 10.4 Å². The van der Waals surface area contributed by atoms with Crippen LogP contribution in [0, 0.1) is 6.92 Å². The van der Waals surface area contributed by atoms with Crippen molar-refractivity contribution in [2.24, 2.45) is 0 Å². The average Bonchev–Trinajstić information content (AvgIpc) is 3.16. The number of fused-ring (bicyclic) bond motifs is 1. The minimum absolute atomic E-state index is 0.261. The third-order valence-corrected chi connectivity index (χ3v) is 5.28. The molecule has 4 rings (SSSR count). The first kappa shape index (κ1) is 21.7. The molecule has 1 aromatic heterocycles. The number of rotatable bonds is 8. The van der Waals surface area contributed by atoms with Crippen LogP contribution in [0.4, 0.5) is 0 Å². The normalized spacial score (nSPS) is 11.0. The molecule has 0 amide bonds. The number of nitrogens with zero attached hydrogens (tertiary/aromatic N) is 1. The van der Waals surface area contributed by atoms with E-state index in [1.807, 2.05) is 49.4 Å². The van der Waals surface area contributed by atoms with Crippen molar-refractivity contribution in [1.29, 1.82) is 0 Å². The van der Waals surface area contributed by atoms with Gasteiger partial charge in [-0.1, -0.05) is 47.8 Å². The van der Waals surface area contributed by atoms with E-state index < -0.39 is 12.6 Å². The van der Waals surface area contributed by atoms with Gasteiger partial charge < -0.3 is 19.1 Å². The van der Waals surface area contributed by atoms with E-state index in [-0.39, 0.29) is 10.8 Å². The first-order valence-electron chi connectivity index (χ1n) is 10.3. The van der Waals surface area contributed by atoms with E-state index in [0.29, 0.717) is 16.7 Å². The molecule has 6 nitrogen and oxygen atoms in total. The molecule has 0 saturated heterocycles. The van der Waals surface area contributed by atoms with E-state index in [0.717, 1.165) is 35.5 Å². The molecular formula is C25H22ClNO5. The van der Waals surface area contributed by atoms with Crippen molar-refractivity contribution in [3.63, 3.8) is 0 Å². The van der Waals surface area contributed by atoms with E-state index in [4.69, 9.17) is 30.7 Å². The maximum Gasteiger partial charge on any atom is 0.341 e. The summed E-state index contributed by atoms with van der Waals surface area (Å²) in [5, 5.41) is 14.1. The summed E-state index contributed by atoms with van der Waals surface area (Å²) in [5.74, 6) is 0.693. The standard InChI is InChI=1S/C25H22ClNO5/c1-3-4-16-11-18(31-17-7-5-15(2)6-8-17)9-10-19(16)25-20-12-23(30-14-24(28)29)21(26)13-22(20)32-27-25/h5-13H,3-4,14H2,1-2H3,(H,28,29). The Bertz CT molecular complexity index is 1260. The van der Waals surface area contributed by atoms with Crippen LogP contribution >= 0.6 is 11.6 Å². The van der Waals surface area contributed by atoms with Crippen molar-refractivity contribution in [2.75, 3.05) is 6.61 Å². The number of benzene rings is 3. The molecule has 0 aliphatic heterocycles. The molecule has 3 aromatic carbocycles. The molecule has 1 heterocycles. The number of carboxylic acids is 1. The Balaban J connectivity index is 1.72. The van der Waals surface area contributed by atoms with Gasteiger partial charge in [-0.3, -0.25) is 0 Å². The van der Waals surface area contributed by atoms with Crippen LogP contribution in [-0.4, -0.2) is 22.8 Å². The lowest BCUT2D eigenvalue weighted by molar-refractivity contribution is -0.139. The van der Waals surface area contributed by atoms with E-state index in [2.05, 4.69) is 12.1 Å². The highest BCUT2D eigenvalue weighted by molar-refractivity contribution is 6.32. The molecule has 0 aliphatic rings. The van der Waals surface area contributed by atoms with Crippen molar-refractivity contribution in [3.05, 3.63) is 70.7 Å². The van der Waals surface area contributed by atoms with Crippen LogP contribution in [0.3, 0.4) is 0 Å². The summed E-state index contributed by atoms with van der Waals surface area (Å²) in [5.41, 5.74) is 4.28. The molecule has 0 aliphatic carbocycles. The minimum atomic E-state index is -1.08. The van der Waals surface area contributed by atoms with Crippen molar-refractivity contribution in [1.82, 2.24) is 5.16 Å². The zero-order valence-electron chi connectivity index (χ0n) is 17.7. The number of aliphatic carboxylic acids is 1. The third kappa shape index (κ3) is 4.70. The number of halogens is 1. The van der Waals surface area contributed by atoms with Gasteiger partial charge in [-0.25, -0.2) is 4.79 Å². The monoisotopic (exact) mass is 451 g/mol. The fourth-order valence-corrected chi connectivity index (χ4v) is 3.68. The zero-order valence-corrected chi connectivity index (χ0v) is 18.5. The summed E-state index contributed by atoms with van der Waals surface area (Å²) in [6.07, 6.45) is 1.76. The predicted octanol–water partition coefficient (Wildman–Crippen LogP) is 6.66. The number of aromatic nitrogens is 1. The lowest BCUT2D eigenvalue weighted by Crippen LogP contribution is -2.09.